The number of rotatable bonds is 10. The van der Waals surface area contributed by atoms with Crippen LogP contribution in [0.2, 0.25) is 0 Å². The van der Waals surface area contributed by atoms with Crippen molar-refractivity contribution in [1.82, 2.24) is 14.0 Å². The molecule has 8 nitrogen and oxygen atoms in total. The third kappa shape index (κ3) is 7.09. The van der Waals surface area contributed by atoms with Crippen LogP contribution in [0, 0.1) is 5.82 Å². The van der Waals surface area contributed by atoms with Crippen molar-refractivity contribution in [2.75, 3.05) is 39.7 Å². The maximum absolute atomic E-state index is 15.2. The Bertz CT molecular complexity index is 1280. The number of nitrogens with one attached hydrogen (secondary N) is 1. The molecule has 1 aromatic carbocycles. The second-order valence-electron chi connectivity index (χ2n) is 10.0. The first-order valence-corrected chi connectivity index (χ1v) is 15.7. The van der Waals surface area contributed by atoms with Gasteiger partial charge in [0.25, 0.3) is 0 Å². The van der Waals surface area contributed by atoms with Gasteiger partial charge in [0.05, 0.1) is 35.7 Å². The summed E-state index contributed by atoms with van der Waals surface area (Å²) in [6.07, 6.45) is 1.41. The average Bonchev–Trinajstić information content (AvgIpc) is 3.05. The van der Waals surface area contributed by atoms with E-state index in [9.17, 15) is 8.42 Å². The lowest BCUT2D eigenvalue weighted by Crippen LogP contribution is -2.56. The summed E-state index contributed by atoms with van der Waals surface area (Å²) in [6.45, 7) is 4.83. The van der Waals surface area contributed by atoms with Crippen LogP contribution in [0.4, 0.5) is 8.78 Å². The van der Waals surface area contributed by atoms with Crippen molar-refractivity contribution in [3.05, 3.63) is 52.0 Å². The van der Waals surface area contributed by atoms with Gasteiger partial charge >= 0.3 is 0 Å². The molecular formula is C25H35BrF2N4O4S2. The van der Waals surface area contributed by atoms with E-state index in [0.717, 1.165) is 11.6 Å². The van der Waals surface area contributed by atoms with Crippen LogP contribution < -0.4 is 14.2 Å². The van der Waals surface area contributed by atoms with E-state index in [1.165, 1.54) is 13.2 Å². The van der Waals surface area contributed by atoms with Crippen LogP contribution in [0.25, 0.3) is 0 Å². The summed E-state index contributed by atoms with van der Waals surface area (Å²) in [5.41, 5.74) is -1.54. The molecule has 3 atom stereocenters. The van der Waals surface area contributed by atoms with E-state index in [0.29, 0.717) is 37.4 Å². The Labute approximate surface area is 234 Å². The zero-order valence-corrected chi connectivity index (χ0v) is 25.5. The van der Waals surface area contributed by atoms with Crippen LogP contribution in [0.15, 0.2) is 39.3 Å². The van der Waals surface area contributed by atoms with Gasteiger partial charge in [0.15, 0.2) is 0 Å². The van der Waals surface area contributed by atoms with Gasteiger partial charge in [-0.1, -0.05) is 6.07 Å². The fourth-order valence-corrected chi connectivity index (χ4v) is 7.82. The Balaban J connectivity index is 2.13. The number of aromatic nitrogens is 1. The lowest BCUT2D eigenvalue weighted by Gasteiger charge is -2.37. The Kier molecular flexibility index (Phi) is 10.3. The number of hydrogen-bond donors (Lipinski definition) is 1. The molecule has 212 valence electrons. The van der Waals surface area contributed by atoms with Gasteiger partial charge in [-0.25, -0.2) is 35.6 Å². The van der Waals surface area contributed by atoms with E-state index in [1.807, 2.05) is 6.07 Å². The topological polar surface area (TPSA) is 93.1 Å². The summed E-state index contributed by atoms with van der Waals surface area (Å²) < 4.78 is 77.6. The second kappa shape index (κ2) is 12.7. The number of alkyl halides is 1. The highest BCUT2D eigenvalue weighted by Crippen LogP contribution is 2.33. The minimum Gasteiger partial charge on any atom is -0.497 e. The van der Waals surface area contributed by atoms with Gasteiger partial charge < -0.3 is 9.47 Å². The van der Waals surface area contributed by atoms with Crippen molar-refractivity contribution < 1.29 is 26.7 Å². The lowest BCUT2D eigenvalue weighted by molar-refractivity contribution is 0.293. The van der Waals surface area contributed by atoms with Crippen LogP contribution in [0.1, 0.15) is 44.9 Å². The molecule has 0 saturated heterocycles. The van der Waals surface area contributed by atoms with E-state index in [2.05, 4.69) is 30.0 Å². The maximum atomic E-state index is 15.2. The molecule has 1 aromatic heterocycles. The number of pyridine rings is 1. The van der Waals surface area contributed by atoms with Gasteiger partial charge in [0.1, 0.15) is 49.7 Å². The van der Waals surface area contributed by atoms with Gasteiger partial charge in [-0.3, -0.25) is 0 Å². The van der Waals surface area contributed by atoms with Gasteiger partial charge in [0, 0.05) is 31.3 Å². The molecule has 2 aromatic rings. The van der Waals surface area contributed by atoms with E-state index < -0.39 is 49.4 Å². The smallest absolute Gasteiger partial charge is 0.146 e. The Hall–Kier alpha value is -1.67. The second-order valence-corrected chi connectivity index (χ2v) is 15.1. The molecule has 1 N–H and O–H groups in total. The summed E-state index contributed by atoms with van der Waals surface area (Å²) in [6, 6.07) is 7.85. The van der Waals surface area contributed by atoms with Gasteiger partial charge in [0.2, 0.25) is 0 Å². The minimum absolute atomic E-state index is 0.189. The van der Waals surface area contributed by atoms with E-state index in [1.54, 1.807) is 44.3 Å². The molecule has 38 heavy (non-hydrogen) atoms. The molecule has 0 aliphatic carbocycles. The number of halogens is 3. The molecule has 2 heterocycles. The summed E-state index contributed by atoms with van der Waals surface area (Å²) in [7, 11) is -2.09. The SMILES string of the molecule is COc1ccc(CN2CCCCN=S2(=O)C[C@](CF)(N[S@](=O)C(C)(C)C)c2nc(Br)ccc2F)c(OC)c1. The summed E-state index contributed by atoms with van der Waals surface area (Å²) in [5, 5.41) is 0. The monoisotopic (exact) mass is 636 g/mol. The highest BCUT2D eigenvalue weighted by atomic mass is 79.9. The highest BCUT2D eigenvalue weighted by Gasteiger charge is 2.45. The van der Waals surface area contributed by atoms with Crippen molar-refractivity contribution in [1.29, 1.82) is 0 Å². The number of benzene rings is 1. The predicted octanol–water partition coefficient (Wildman–Crippen LogP) is 4.90. The molecule has 0 saturated carbocycles. The molecular weight excluding hydrogens is 602 g/mol. The highest BCUT2D eigenvalue weighted by molar-refractivity contribution is 9.10. The molecule has 1 aliphatic heterocycles. The van der Waals surface area contributed by atoms with Crippen LogP contribution >= 0.6 is 15.9 Å². The van der Waals surface area contributed by atoms with Gasteiger partial charge in [-0.2, -0.15) is 0 Å². The van der Waals surface area contributed by atoms with Crippen LogP contribution in [0.3, 0.4) is 0 Å². The van der Waals surface area contributed by atoms with Crippen LogP contribution in [-0.4, -0.2) is 62.2 Å². The average molecular weight is 638 g/mol. The fourth-order valence-electron chi connectivity index (χ4n) is 4.00. The number of ether oxygens (including phenoxy) is 2. The first-order chi connectivity index (χ1) is 17.9. The molecule has 1 aliphatic rings. The Morgan fingerprint density at radius 1 is 1.18 bits per heavy atom. The van der Waals surface area contributed by atoms with Crippen LogP contribution in [0.5, 0.6) is 11.5 Å². The molecule has 3 rings (SSSR count). The molecule has 13 heteroatoms. The van der Waals surface area contributed by atoms with E-state index in [-0.39, 0.29) is 16.8 Å². The first-order valence-electron chi connectivity index (χ1n) is 12.1. The zero-order chi connectivity index (χ0) is 28.1. The molecule has 0 fully saturated rings. The third-order valence-corrected chi connectivity index (χ3v) is 10.8. The molecule has 0 bridgehead atoms. The number of hydrogen-bond acceptors (Lipinski definition) is 6. The zero-order valence-electron chi connectivity index (χ0n) is 22.3. The summed E-state index contributed by atoms with van der Waals surface area (Å²) >= 11 is 3.23. The van der Waals surface area contributed by atoms with Crippen molar-refractivity contribution in [3.8, 4) is 11.5 Å². The molecule has 1 unspecified atom stereocenters. The number of nitrogens with zero attached hydrogens (tertiary/aromatic N) is 3. The van der Waals surface area contributed by atoms with Crippen molar-refractivity contribution in [3.63, 3.8) is 0 Å². The molecule has 0 radical (unpaired) electrons. The predicted molar refractivity (Wildman–Crippen MR) is 150 cm³/mol. The van der Waals surface area contributed by atoms with Gasteiger partial charge in [-0.05, 0) is 67.7 Å². The van der Waals surface area contributed by atoms with E-state index >= 15 is 8.78 Å². The third-order valence-electron chi connectivity index (χ3n) is 6.13. The Morgan fingerprint density at radius 2 is 1.92 bits per heavy atom. The normalized spacial score (nSPS) is 21.2. The summed E-state index contributed by atoms with van der Waals surface area (Å²) in [5.74, 6) is -0.117. The largest absolute Gasteiger partial charge is 0.497 e. The Morgan fingerprint density at radius 3 is 2.55 bits per heavy atom. The van der Waals surface area contributed by atoms with Crippen LogP contribution in [-0.2, 0) is 33.0 Å². The van der Waals surface area contributed by atoms with Crippen molar-refractivity contribution >= 4 is 36.8 Å². The summed E-state index contributed by atoms with van der Waals surface area (Å²) in [4.78, 5) is 4.21. The minimum atomic E-state index is -3.33. The molecule has 0 amide bonds. The number of methoxy groups -OCH3 is 2. The molecule has 0 spiro atoms. The fraction of sp³-hybridized carbons (Fsp3) is 0.560. The van der Waals surface area contributed by atoms with Gasteiger partial charge in [-0.15, -0.1) is 0 Å². The first kappa shape index (κ1) is 30.9. The van der Waals surface area contributed by atoms with Crippen molar-refractivity contribution in [2.24, 2.45) is 4.36 Å². The van der Waals surface area contributed by atoms with Crippen molar-refractivity contribution in [2.45, 2.75) is 50.4 Å². The maximum Gasteiger partial charge on any atom is 0.146 e. The quantitative estimate of drug-likeness (QED) is 0.375. The standard InChI is InChI=1S/C25H35BrF2N4O4S2/c1-24(2,3)37(33)31-25(16-27,23-20(28)10-11-22(26)30-23)17-38(34)29-12-6-7-13-32(38)15-18-8-9-19(35-4)14-21(18)36-5/h8-11,14,31H,6-7,12-13,15-17H2,1-5H3/t25-,37+,38?/m0/s1. The van der Waals surface area contributed by atoms with E-state index in [4.69, 9.17) is 9.47 Å². The lowest BCUT2D eigenvalue weighted by atomic mass is 10.00.